The van der Waals surface area contributed by atoms with E-state index in [1.165, 1.54) is 25.9 Å². The van der Waals surface area contributed by atoms with Crippen molar-refractivity contribution in [3.8, 4) is 0 Å². The van der Waals surface area contributed by atoms with Gasteiger partial charge in [-0.05, 0) is 56.7 Å². The first-order chi connectivity index (χ1) is 8.90. The molecule has 2 fully saturated rings. The Morgan fingerprint density at radius 3 is 2.79 bits per heavy atom. The summed E-state index contributed by atoms with van der Waals surface area (Å²) in [5, 5.41) is 12.4. The van der Waals surface area contributed by atoms with Gasteiger partial charge < -0.3 is 15.3 Å². The molecule has 1 heterocycles. The predicted molar refractivity (Wildman–Crippen MR) is 76.1 cm³/mol. The zero-order valence-electron chi connectivity index (χ0n) is 12.5. The lowest BCUT2D eigenvalue weighted by atomic mass is 9.74. The average Bonchev–Trinajstić information content (AvgIpc) is 3.08. The van der Waals surface area contributed by atoms with Gasteiger partial charge in [-0.15, -0.1) is 0 Å². The Morgan fingerprint density at radius 2 is 2.21 bits per heavy atom. The lowest BCUT2D eigenvalue weighted by Gasteiger charge is -2.40. The smallest absolute Gasteiger partial charge is 0.306 e. The summed E-state index contributed by atoms with van der Waals surface area (Å²) in [4.78, 5) is 13.2. The molecule has 19 heavy (non-hydrogen) atoms. The molecule has 2 aliphatic rings. The minimum Gasteiger partial charge on any atom is -0.481 e. The van der Waals surface area contributed by atoms with Gasteiger partial charge in [0.1, 0.15) is 0 Å². The number of rotatable bonds is 6. The molecule has 0 amide bonds. The molecule has 3 unspecified atom stereocenters. The van der Waals surface area contributed by atoms with Crippen LogP contribution in [0, 0.1) is 23.2 Å². The average molecular weight is 268 g/mol. The molecule has 2 rings (SSSR count). The zero-order chi connectivity index (χ0) is 14.0. The van der Waals surface area contributed by atoms with E-state index in [4.69, 9.17) is 5.11 Å². The van der Waals surface area contributed by atoms with E-state index in [0.29, 0.717) is 11.3 Å². The molecule has 1 saturated heterocycles. The van der Waals surface area contributed by atoms with Crippen molar-refractivity contribution in [1.29, 1.82) is 0 Å². The third-order valence-corrected chi connectivity index (χ3v) is 4.96. The third-order valence-electron chi connectivity index (χ3n) is 4.96. The fraction of sp³-hybridized carbons (Fsp3) is 0.933. The van der Waals surface area contributed by atoms with E-state index in [2.05, 4.69) is 31.1 Å². The standard InChI is InChI=1S/C15H28N2O2/c1-15(2,12-5-4-6-17(3)9-12)10-16-8-11-7-13(11)14(18)19/h11-13,16H,4-10H2,1-3H3,(H,18,19). The largest absolute Gasteiger partial charge is 0.481 e. The molecule has 1 aliphatic carbocycles. The number of aliphatic carboxylic acids is 1. The summed E-state index contributed by atoms with van der Waals surface area (Å²) in [5.74, 6) is 0.395. The van der Waals surface area contributed by atoms with Gasteiger partial charge in [0.05, 0.1) is 5.92 Å². The van der Waals surface area contributed by atoms with Crippen molar-refractivity contribution in [2.45, 2.75) is 33.1 Å². The van der Waals surface area contributed by atoms with Gasteiger partial charge in [-0.2, -0.15) is 0 Å². The number of piperidine rings is 1. The molecule has 1 aliphatic heterocycles. The van der Waals surface area contributed by atoms with Gasteiger partial charge in [-0.25, -0.2) is 0 Å². The topological polar surface area (TPSA) is 52.6 Å². The molecule has 0 aromatic rings. The number of carboxylic acid groups (broad SMARTS) is 1. The number of nitrogens with one attached hydrogen (secondary N) is 1. The molecular formula is C15H28N2O2. The van der Waals surface area contributed by atoms with Crippen LogP contribution >= 0.6 is 0 Å². The van der Waals surface area contributed by atoms with E-state index in [9.17, 15) is 4.79 Å². The number of hydrogen-bond donors (Lipinski definition) is 2. The number of carbonyl (C=O) groups is 1. The van der Waals surface area contributed by atoms with Crippen molar-refractivity contribution in [2.24, 2.45) is 23.2 Å². The van der Waals surface area contributed by atoms with Crippen LogP contribution in [0.25, 0.3) is 0 Å². The summed E-state index contributed by atoms with van der Waals surface area (Å²) < 4.78 is 0. The van der Waals surface area contributed by atoms with Crippen molar-refractivity contribution in [2.75, 3.05) is 33.2 Å². The molecule has 0 aromatic carbocycles. The molecule has 4 heteroatoms. The lowest BCUT2D eigenvalue weighted by Crippen LogP contribution is -2.44. The number of likely N-dealkylation sites (tertiary alicyclic amines) is 1. The Morgan fingerprint density at radius 1 is 1.47 bits per heavy atom. The van der Waals surface area contributed by atoms with E-state index < -0.39 is 5.97 Å². The Bertz CT molecular complexity index is 330. The van der Waals surface area contributed by atoms with Gasteiger partial charge in [-0.3, -0.25) is 4.79 Å². The first-order valence-electron chi connectivity index (χ1n) is 7.52. The molecule has 1 saturated carbocycles. The first-order valence-corrected chi connectivity index (χ1v) is 7.52. The van der Waals surface area contributed by atoms with Gasteiger partial charge >= 0.3 is 5.97 Å². The van der Waals surface area contributed by atoms with Crippen LogP contribution in [0.2, 0.25) is 0 Å². The Kier molecular flexibility index (Phi) is 4.51. The van der Waals surface area contributed by atoms with Crippen LogP contribution in [-0.2, 0) is 4.79 Å². The Labute approximate surface area is 116 Å². The second-order valence-electron chi connectivity index (χ2n) is 7.16. The molecule has 2 N–H and O–H groups in total. The first kappa shape index (κ1) is 14.8. The summed E-state index contributed by atoms with van der Waals surface area (Å²) in [6, 6.07) is 0. The molecule has 0 spiro atoms. The monoisotopic (exact) mass is 268 g/mol. The maximum atomic E-state index is 10.8. The van der Waals surface area contributed by atoms with E-state index in [0.717, 1.165) is 25.4 Å². The molecule has 3 atom stereocenters. The van der Waals surface area contributed by atoms with Gasteiger partial charge in [0, 0.05) is 13.1 Å². The zero-order valence-corrected chi connectivity index (χ0v) is 12.5. The molecule has 110 valence electrons. The van der Waals surface area contributed by atoms with Crippen molar-refractivity contribution in [3.05, 3.63) is 0 Å². The number of hydrogen-bond acceptors (Lipinski definition) is 3. The van der Waals surface area contributed by atoms with Gasteiger partial charge in [-0.1, -0.05) is 13.8 Å². The van der Waals surface area contributed by atoms with E-state index in [-0.39, 0.29) is 5.92 Å². The van der Waals surface area contributed by atoms with E-state index in [1.54, 1.807) is 0 Å². The summed E-state index contributed by atoms with van der Waals surface area (Å²) in [6.07, 6.45) is 3.48. The fourth-order valence-corrected chi connectivity index (χ4v) is 3.30. The Balaban J connectivity index is 1.70. The van der Waals surface area contributed by atoms with Gasteiger partial charge in [0.15, 0.2) is 0 Å². The van der Waals surface area contributed by atoms with Gasteiger partial charge in [0.2, 0.25) is 0 Å². The minimum atomic E-state index is -0.625. The fourth-order valence-electron chi connectivity index (χ4n) is 3.30. The summed E-state index contributed by atoms with van der Waals surface area (Å²) in [7, 11) is 2.21. The maximum Gasteiger partial charge on any atom is 0.306 e. The van der Waals surface area contributed by atoms with Crippen LogP contribution < -0.4 is 5.32 Å². The number of nitrogens with zero attached hydrogens (tertiary/aromatic N) is 1. The highest BCUT2D eigenvalue weighted by Gasteiger charge is 2.43. The SMILES string of the molecule is CN1CCCC(C(C)(C)CNCC2CC2C(=O)O)C1. The highest BCUT2D eigenvalue weighted by atomic mass is 16.4. The third kappa shape index (κ3) is 3.93. The molecule has 0 bridgehead atoms. The molecule has 0 aromatic heterocycles. The molecule has 0 radical (unpaired) electrons. The van der Waals surface area contributed by atoms with Crippen LogP contribution in [0.15, 0.2) is 0 Å². The second-order valence-corrected chi connectivity index (χ2v) is 7.16. The highest BCUT2D eigenvalue weighted by Crippen LogP contribution is 2.38. The van der Waals surface area contributed by atoms with Crippen molar-refractivity contribution in [3.63, 3.8) is 0 Å². The van der Waals surface area contributed by atoms with Crippen LogP contribution in [-0.4, -0.2) is 49.2 Å². The highest BCUT2D eigenvalue weighted by molar-refractivity contribution is 5.73. The predicted octanol–water partition coefficient (Wildman–Crippen LogP) is 1.66. The van der Waals surface area contributed by atoms with Crippen LogP contribution in [0.3, 0.4) is 0 Å². The second kappa shape index (κ2) is 5.80. The molecular weight excluding hydrogens is 240 g/mol. The summed E-state index contributed by atoms with van der Waals surface area (Å²) >= 11 is 0. The van der Waals surface area contributed by atoms with Crippen molar-refractivity contribution >= 4 is 5.97 Å². The summed E-state index contributed by atoms with van der Waals surface area (Å²) in [5.41, 5.74) is 0.294. The van der Waals surface area contributed by atoms with Crippen molar-refractivity contribution in [1.82, 2.24) is 10.2 Å². The van der Waals surface area contributed by atoms with Gasteiger partial charge in [0.25, 0.3) is 0 Å². The molecule has 4 nitrogen and oxygen atoms in total. The summed E-state index contributed by atoms with van der Waals surface area (Å²) in [6.45, 7) is 8.95. The quantitative estimate of drug-likeness (QED) is 0.769. The van der Waals surface area contributed by atoms with Crippen LogP contribution in [0.5, 0.6) is 0 Å². The minimum absolute atomic E-state index is 0.0866. The van der Waals surface area contributed by atoms with E-state index in [1.807, 2.05) is 0 Å². The normalized spacial score (nSPS) is 32.3. The van der Waals surface area contributed by atoms with Crippen molar-refractivity contribution < 1.29 is 9.90 Å². The Hall–Kier alpha value is -0.610. The number of carboxylic acids is 1. The van der Waals surface area contributed by atoms with Crippen LogP contribution in [0.1, 0.15) is 33.1 Å². The lowest BCUT2D eigenvalue weighted by molar-refractivity contribution is -0.138. The van der Waals surface area contributed by atoms with E-state index >= 15 is 0 Å². The maximum absolute atomic E-state index is 10.8. The van der Waals surface area contributed by atoms with Crippen LogP contribution in [0.4, 0.5) is 0 Å².